The SMILES string of the molecule is Cc1nn(CC(N)(C#N)c2ccccc2)c(C)c1C. The van der Waals surface area contributed by atoms with E-state index in [0.29, 0.717) is 6.54 Å². The number of nitriles is 1. The second kappa shape index (κ2) is 4.87. The van der Waals surface area contributed by atoms with E-state index in [9.17, 15) is 5.26 Å². The van der Waals surface area contributed by atoms with Crippen molar-refractivity contribution in [2.24, 2.45) is 5.73 Å². The first kappa shape index (κ1) is 13.3. The molecule has 2 aromatic rings. The number of benzene rings is 1. The van der Waals surface area contributed by atoms with Gasteiger partial charge in [-0.15, -0.1) is 0 Å². The van der Waals surface area contributed by atoms with Crippen LogP contribution in [0.2, 0.25) is 0 Å². The predicted octanol–water partition coefficient (Wildman–Crippen LogP) is 2.19. The molecule has 4 heteroatoms. The molecule has 0 amide bonds. The second-order valence-corrected chi connectivity index (χ2v) is 4.90. The molecule has 0 aliphatic rings. The zero-order valence-corrected chi connectivity index (χ0v) is 11.5. The Morgan fingerprint density at radius 1 is 1.26 bits per heavy atom. The molecule has 1 aromatic carbocycles. The smallest absolute Gasteiger partial charge is 0.149 e. The maximum Gasteiger partial charge on any atom is 0.149 e. The van der Waals surface area contributed by atoms with E-state index in [1.165, 1.54) is 0 Å². The number of hydrogen-bond donors (Lipinski definition) is 1. The third-order valence-electron chi connectivity index (χ3n) is 3.63. The van der Waals surface area contributed by atoms with Gasteiger partial charge in [0.15, 0.2) is 0 Å². The molecule has 1 aromatic heterocycles. The Labute approximate surface area is 113 Å². The Hall–Kier alpha value is -2.12. The van der Waals surface area contributed by atoms with Gasteiger partial charge in [-0.25, -0.2) is 0 Å². The maximum absolute atomic E-state index is 9.45. The van der Waals surface area contributed by atoms with E-state index in [-0.39, 0.29) is 0 Å². The van der Waals surface area contributed by atoms with Crippen LogP contribution in [-0.2, 0) is 12.1 Å². The lowest BCUT2D eigenvalue weighted by atomic mass is 9.92. The summed E-state index contributed by atoms with van der Waals surface area (Å²) in [6.07, 6.45) is 0. The van der Waals surface area contributed by atoms with Crippen LogP contribution in [0.1, 0.15) is 22.5 Å². The van der Waals surface area contributed by atoms with Gasteiger partial charge in [-0.1, -0.05) is 30.3 Å². The topological polar surface area (TPSA) is 67.6 Å². The van der Waals surface area contributed by atoms with Gasteiger partial charge >= 0.3 is 0 Å². The fraction of sp³-hybridized carbons (Fsp3) is 0.333. The first-order valence-electron chi connectivity index (χ1n) is 6.24. The number of hydrogen-bond acceptors (Lipinski definition) is 3. The van der Waals surface area contributed by atoms with Crippen LogP contribution in [0.25, 0.3) is 0 Å². The number of aromatic nitrogens is 2. The monoisotopic (exact) mass is 254 g/mol. The third-order valence-corrected chi connectivity index (χ3v) is 3.63. The van der Waals surface area contributed by atoms with Crippen molar-refractivity contribution in [2.75, 3.05) is 0 Å². The Balaban J connectivity index is 2.39. The van der Waals surface area contributed by atoms with Gasteiger partial charge in [0.1, 0.15) is 5.54 Å². The van der Waals surface area contributed by atoms with Crippen LogP contribution in [0.4, 0.5) is 0 Å². The Morgan fingerprint density at radius 2 is 1.89 bits per heavy atom. The van der Waals surface area contributed by atoms with E-state index in [2.05, 4.69) is 11.2 Å². The Morgan fingerprint density at radius 3 is 2.37 bits per heavy atom. The fourth-order valence-corrected chi connectivity index (χ4v) is 2.10. The summed E-state index contributed by atoms with van der Waals surface area (Å²) in [5.74, 6) is 0. The lowest BCUT2D eigenvalue weighted by Crippen LogP contribution is -2.40. The molecule has 0 radical (unpaired) electrons. The van der Waals surface area contributed by atoms with E-state index < -0.39 is 5.54 Å². The molecule has 1 unspecified atom stereocenters. The molecule has 0 aliphatic carbocycles. The molecule has 19 heavy (non-hydrogen) atoms. The van der Waals surface area contributed by atoms with Crippen LogP contribution < -0.4 is 5.73 Å². The van der Waals surface area contributed by atoms with Crippen LogP contribution in [0.15, 0.2) is 30.3 Å². The highest BCUT2D eigenvalue weighted by Crippen LogP contribution is 2.21. The molecule has 0 bridgehead atoms. The van der Waals surface area contributed by atoms with Crippen LogP contribution >= 0.6 is 0 Å². The highest BCUT2D eigenvalue weighted by molar-refractivity contribution is 5.31. The summed E-state index contributed by atoms with van der Waals surface area (Å²) in [5.41, 5.74) is 9.18. The summed E-state index contributed by atoms with van der Waals surface area (Å²) in [6, 6.07) is 11.7. The van der Waals surface area contributed by atoms with Crippen LogP contribution in [0.5, 0.6) is 0 Å². The average Bonchev–Trinajstić information content (AvgIpc) is 2.67. The van der Waals surface area contributed by atoms with E-state index in [1.54, 1.807) is 0 Å². The minimum absolute atomic E-state index is 0.355. The summed E-state index contributed by atoms with van der Waals surface area (Å²) in [7, 11) is 0. The molecule has 98 valence electrons. The molecule has 2 rings (SSSR count). The van der Waals surface area contributed by atoms with Crippen molar-refractivity contribution in [2.45, 2.75) is 32.9 Å². The van der Waals surface area contributed by atoms with Crippen LogP contribution in [0, 0.1) is 32.1 Å². The van der Waals surface area contributed by atoms with Crippen LogP contribution in [-0.4, -0.2) is 9.78 Å². The maximum atomic E-state index is 9.45. The van der Waals surface area contributed by atoms with E-state index in [0.717, 1.165) is 22.5 Å². The molecule has 0 saturated carbocycles. The summed E-state index contributed by atoms with van der Waals surface area (Å²) in [5, 5.41) is 13.9. The van der Waals surface area contributed by atoms with Crippen molar-refractivity contribution in [1.82, 2.24) is 9.78 Å². The quantitative estimate of drug-likeness (QED) is 0.912. The lowest BCUT2D eigenvalue weighted by Gasteiger charge is -2.22. The molecule has 1 heterocycles. The van der Waals surface area contributed by atoms with Gasteiger partial charge in [-0.3, -0.25) is 4.68 Å². The van der Waals surface area contributed by atoms with Gasteiger partial charge in [-0.05, 0) is 31.9 Å². The van der Waals surface area contributed by atoms with Gasteiger partial charge in [0.25, 0.3) is 0 Å². The standard InChI is InChI=1S/C15H18N4/c1-11-12(2)18-19(13(11)3)10-15(17,9-16)14-7-5-4-6-8-14/h4-8H,10,17H2,1-3H3. The van der Waals surface area contributed by atoms with Crippen LogP contribution in [0.3, 0.4) is 0 Å². The lowest BCUT2D eigenvalue weighted by molar-refractivity contribution is 0.433. The fourth-order valence-electron chi connectivity index (χ4n) is 2.10. The zero-order chi connectivity index (χ0) is 14.0. The number of nitrogens with zero attached hydrogens (tertiary/aromatic N) is 3. The third kappa shape index (κ3) is 2.38. The summed E-state index contributed by atoms with van der Waals surface area (Å²) in [4.78, 5) is 0. The minimum atomic E-state index is -1.06. The second-order valence-electron chi connectivity index (χ2n) is 4.90. The van der Waals surface area contributed by atoms with Gasteiger partial charge in [0.2, 0.25) is 0 Å². The molecule has 0 fully saturated rings. The van der Waals surface area contributed by atoms with Crippen molar-refractivity contribution in [3.63, 3.8) is 0 Å². The largest absolute Gasteiger partial charge is 0.308 e. The minimum Gasteiger partial charge on any atom is -0.308 e. The summed E-state index contributed by atoms with van der Waals surface area (Å²) in [6.45, 7) is 6.35. The van der Waals surface area contributed by atoms with Gasteiger partial charge < -0.3 is 5.73 Å². The number of rotatable bonds is 3. The Bertz CT molecular complexity index is 622. The molecule has 1 atom stereocenters. The van der Waals surface area contributed by atoms with E-state index in [4.69, 9.17) is 5.73 Å². The van der Waals surface area contributed by atoms with E-state index in [1.807, 2.05) is 55.8 Å². The molecule has 0 aliphatic heterocycles. The molecule has 4 nitrogen and oxygen atoms in total. The van der Waals surface area contributed by atoms with Crippen molar-refractivity contribution >= 4 is 0 Å². The average molecular weight is 254 g/mol. The van der Waals surface area contributed by atoms with Gasteiger partial charge in [0, 0.05) is 5.69 Å². The molecule has 0 spiro atoms. The number of aryl methyl sites for hydroxylation is 1. The van der Waals surface area contributed by atoms with Crippen molar-refractivity contribution in [1.29, 1.82) is 5.26 Å². The van der Waals surface area contributed by atoms with Gasteiger partial charge in [0.05, 0.1) is 18.3 Å². The highest BCUT2D eigenvalue weighted by atomic mass is 15.3. The summed E-state index contributed by atoms with van der Waals surface area (Å²) < 4.78 is 1.82. The van der Waals surface area contributed by atoms with Gasteiger partial charge in [-0.2, -0.15) is 10.4 Å². The Kier molecular flexibility index (Phi) is 3.41. The normalized spacial score (nSPS) is 13.8. The van der Waals surface area contributed by atoms with Crippen molar-refractivity contribution in [3.05, 3.63) is 52.8 Å². The van der Waals surface area contributed by atoms with Crippen molar-refractivity contribution < 1.29 is 0 Å². The zero-order valence-electron chi connectivity index (χ0n) is 11.5. The highest BCUT2D eigenvalue weighted by Gasteiger charge is 2.29. The van der Waals surface area contributed by atoms with Crippen molar-refractivity contribution in [3.8, 4) is 6.07 Å². The molecular weight excluding hydrogens is 236 g/mol. The number of nitrogens with two attached hydrogens (primary N) is 1. The molecule has 0 saturated heterocycles. The molecular formula is C15H18N4. The molecule has 2 N–H and O–H groups in total. The predicted molar refractivity (Wildman–Crippen MR) is 74.4 cm³/mol. The van der Waals surface area contributed by atoms with E-state index >= 15 is 0 Å². The first-order valence-corrected chi connectivity index (χ1v) is 6.24. The first-order chi connectivity index (χ1) is 8.98. The summed E-state index contributed by atoms with van der Waals surface area (Å²) >= 11 is 0.